The summed E-state index contributed by atoms with van der Waals surface area (Å²) in [4.78, 5) is 4.64. The Kier molecular flexibility index (Phi) is 3.33. The first-order chi connectivity index (χ1) is 8.00. The maximum atomic E-state index is 5.19. The molecular formula is C13H18N2OS. The highest BCUT2D eigenvalue weighted by Gasteiger charge is 2.25. The zero-order valence-electron chi connectivity index (χ0n) is 10.7. The van der Waals surface area contributed by atoms with Crippen molar-refractivity contribution in [2.75, 3.05) is 18.2 Å². The third-order valence-electron chi connectivity index (χ3n) is 2.64. The van der Waals surface area contributed by atoms with Crippen LogP contribution in [0.3, 0.4) is 0 Å². The number of nitrogens with one attached hydrogen (secondary N) is 1. The van der Waals surface area contributed by atoms with Gasteiger partial charge >= 0.3 is 0 Å². The van der Waals surface area contributed by atoms with Crippen molar-refractivity contribution in [1.29, 1.82) is 0 Å². The van der Waals surface area contributed by atoms with E-state index < -0.39 is 0 Å². The van der Waals surface area contributed by atoms with Crippen LogP contribution >= 0.6 is 11.8 Å². The van der Waals surface area contributed by atoms with E-state index in [1.165, 1.54) is 0 Å². The number of aryl methyl sites for hydroxylation is 1. The molecule has 1 aliphatic heterocycles. The zero-order valence-corrected chi connectivity index (χ0v) is 11.5. The average Bonchev–Trinajstić information content (AvgIpc) is 2.61. The first-order valence-electron chi connectivity index (χ1n) is 5.64. The summed E-state index contributed by atoms with van der Waals surface area (Å²) in [5, 5.41) is 4.38. The molecule has 0 radical (unpaired) electrons. The summed E-state index contributed by atoms with van der Waals surface area (Å²) >= 11 is 1.77. The van der Waals surface area contributed by atoms with Crippen molar-refractivity contribution in [3.63, 3.8) is 0 Å². The van der Waals surface area contributed by atoms with Gasteiger partial charge in [-0.05, 0) is 44.5 Å². The van der Waals surface area contributed by atoms with Gasteiger partial charge in [0.05, 0.1) is 12.6 Å². The maximum absolute atomic E-state index is 5.19. The molecule has 0 saturated heterocycles. The Morgan fingerprint density at radius 2 is 2.18 bits per heavy atom. The molecule has 0 bridgehead atoms. The molecule has 0 saturated carbocycles. The minimum atomic E-state index is 0.0490. The quantitative estimate of drug-likeness (QED) is 0.874. The third kappa shape index (κ3) is 2.94. The minimum Gasteiger partial charge on any atom is -0.497 e. The molecule has 1 aromatic rings. The van der Waals surface area contributed by atoms with Gasteiger partial charge in [-0.1, -0.05) is 11.8 Å². The number of hydrogen-bond donors (Lipinski definition) is 1. The Morgan fingerprint density at radius 3 is 2.71 bits per heavy atom. The standard InChI is InChI=1S/C13H18N2OS/c1-9-7-10(16-4)5-6-11(9)14-12-15-13(2,3)8-17-12/h5-7H,8H2,1-4H3,(H,14,15). The molecule has 0 aromatic heterocycles. The monoisotopic (exact) mass is 250 g/mol. The van der Waals surface area contributed by atoms with E-state index in [0.717, 1.165) is 27.9 Å². The fraction of sp³-hybridized carbons (Fsp3) is 0.462. The average molecular weight is 250 g/mol. The van der Waals surface area contributed by atoms with Gasteiger partial charge in [0.25, 0.3) is 0 Å². The number of methoxy groups -OCH3 is 1. The van der Waals surface area contributed by atoms with Crippen molar-refractivity contribution in [1.82, 2.24) is 0 Å². The molecule has 2 rings (SSSR count). The van der Waals surface area contributed by atoms with Gasteiger partial charge in [-0.2, -0.15) is 0 Å². The highest BCUT2D eigenvalue weighted by atomic mass is 32.2. The van der Waals surface area contributed by atoms with Crippen LogP contribution in [-0.4, -0.2) is 23.6 Å². The lowest BCUT2D eigenvalue weighted by atomic mass is 10.1. The molecule has 0 amide bonds. The van der Waals surface area contributed by atoms with Crippen LogP contribution in [0.15, 0.2) is 23.2 Å². The summed E-state index contributed by atoms with van der Waals surface area (Å²) < 4.78 is 5.19. The van der Waals surface area contributed by atoms with Crippen LogP contribution in [0.25, 0.3) is 0 Å². The molecule has 0 aliphatic carbocycles. The van der Waals surface area contributed by atoms with Crippen LogP contribution in [0.2, 0.25) is 0 Å². The van der Waals surface area contributed by atoms with Crippen LogP contribution in [-0.2, 0) is 0 Å². The van der Waals surface area contributed by atoms with Crippen LogP contribution in [0.1, 0.15) is 19.4 Å². The molecule has 0 spiro atoms. The Bertz CT molecular complexity index is 455. The SMILES string of the molecule is COc1ccc(NC2=NC(C)(C)CS2)c(C)c1. The van der Waals surface area contributed by atoms with Crippen LogP contribution in [0, 0.1) is 6.92 Å². The third-order valence-corrected chi connectivity index (χ3v) is 3.96. The number of thioether (sulfide) groups is 1. The van der Waals surface area contributed by atoms with Crippen LogP contribution in [0.4, 0.5) is 5.69 Å². The lowest BCUT2D eigenvalue weighted by molar-refractivity contribution is 0.414. The normalized spacial score (nSPS) is 17.8. The van der Waals surface area contributed by atoms with Crippen molar-refractivity contribution >= 4 is 22.6 Å². The van der Waals surface area contributed by atoms with Crippen molar-refractivity contribution in [3.8, 4) is 5.75 Å². The summed E-state index contributed by atoms with van der Waals surface area (Å²) in [6, 6.07) is 6.01. The van der Waals surface area contributed by atoms with E-state index in [0.29, 0.717) is 0 Å². The number of benzene rings is 1. The molecule has 0 fully saturated rings. The van der Waals surface area contributed by atoms with E-state index in [4.69, 9.17) is 4.74 Å². The predicted molar refractivity (Wildman–Crippen MR) is 75.3 cm³/mol. The van der Waals surface area contributed by atoms with Crippen molar-refractivity contribution in [3.05, 3.63) is 23.8 Å². The maximum Gasteiger partial charge on any atom is 0.161 e. The molecule has 3 nitrogen and oxygen atoms in total. The van der Waals surface area contributed by atoms with E-state index >= 15 is 0 Å². The summed E-state index contributed by atoms with van der Waals surface area (Å²) in [6.45, 7) is 6.36. The van der Waals surface area contributed by atoms with Crippen molar-refractivity contribution in [2.24, 2.45) is 4.99 Å². The number of amidine groups is 1. The number of anilines is 1. The van der Waals surface area contributed by atoms with E-state index in [-0.39, 0.29) is 5.54 Å². The lowest BCUT2D eigenvalue weighted by Gasteiger charge is -2.11. The van der Waals surface area contributed by atoms with Gasteiger partial charge in [-0.15, -0.1) is 0 Å². The highest BCUT2D eigenvalue weighted by Crippen LogP contribution is 2.29. The van der Waals surface area contributed by atoms with Crippen LogP contribution in [0.5, 0.6) is 5.75 Å². The second kappa shape index (κ2) is 4.61. The van der Waals surface area contributed by atoms with Gasteiger partial charge in [0, 0.05) is 11.4 Å². The summed E-state index contributed by atoms with van der Waals surface area (Å²) in [7, 11) is 1.68. The van der Waals surface area contributed by atoms with Crippen molar-refractivity contribution < 1.29 is 4.74 Å². The molecule has 1 N–H and O–H groups in total. The molecule has 0 atom stereocenters. The number of aliphatic imine (C=N–C) groups is 1. The molecule has 1 heterocycles. The van der Waals surface area contributed by atoms with E-state index in [1.807, 2.05) is 18.2 Å². The number of ether oxygens (including phenoxy) is 1. The summed E-state index contributed by atoms with van der Waals surface area (Å²) in [5.41, 5.74) is 2.31. The summed E-state index contributed by atoms with van der Waals surface area (Å²) in [6.07, 6.45) is 0. The lowest BCUT2D eigenvalue weighted by Crippen LogP contribution is -2.15. The number of hydrogen-bond acceptors (Lipinski definition) is 4. The molecule has 1 aliphatic rings. The molecular weight excluding hydrogens is 232 g/mol. The first-order valence-corrected chi connectivity index (χ1v) is 6.63. The fourth-order valence-corrected chi connectivity index (χ4v) is 2.72. The molecule has 1 aromatic carbocycles. The van der Waals surface area contributed by atoms with Gasteiger partial charge in [0.15, 0.2) is 5.17 Å². The largest absolute Gasteiger partial charge is 0.497 e. The Labute approximate surface area is 107 Å². The molecule has 4 heteroatoms. The van der Waals surface area contributed by atoms with Gasteiger partial charge in [0.1, 0.15) is 5.75 Å². The Balaban J connectivity index is 2.15. The van der Waals surface area contributed by atoms with Gasteiger partial charge < -0.3 is 10.1 Å². The Hall–Kier alpha value is -1.16. The molecule has 0 unspecified atom stereocenters. The number of rotatable bonds is 2. The van der Waals surface area contributed by atoms with E-state index in [2.05, 4.69) is 31.1 Å². The van der Waals surface area contributed by atoms with E-state index in [1.54, 1.807) is 18.9 Å². The van der Waals surface area contributed by atoms with Gasteiger partial charge in [-0.3, -0.25) is 4.99 Å². The fourth-order valence-electron chi connectivity index (χ4n) is 1.67. The molecule has 17 heavy (non-hydrogen) atoms. The smallest absolute Gasteiger partial charge is 0.161 e. The zero-order chi connectivity index (χ0) is 12.5. The van der Waals surface area contributed by atoms with Gasteiger partial charge in [-0.25, -0.2) is 0 Å². The van der Waals surface area contributed by atoms with Crippen molar-refractivity contribution in [2.45, 2.75) is 26.3 Å². The second-order valence-electron chi connectivity index (χ2n) is 4.82. The first kappa shape index (κ1) is 12.3. The predicted octanol–water partition coefficient (Wildman–Crippen LogP) is 3.30. The van der Waals surface area contributed by atoms with Gasteiger partial charge in [0.2, 0.25) is 0 Å². The second-order valence-corrected chi connectivity index (χ2v) is 5.79. The highest BCUT2D eigenvalue weighted by molar-refractivity contribution is 8.14. The minimum absolute atomic E-state index is 0.0490. The summed E-state index contributed by atoms with van der Waals surface area (Å²) in [5.74, 6) is 1.92. The number of nitrogens with zero attached hydrogens (tertiary/aromatic N) is 1. The van der Waals surface area contributed by atoms with E-state index in [9.17, 15) is 0 Å². The van der Waals surface area contributed by atoms with Crippen LogP contribution < -0.4 is 10.1 Å². The topological polar surface area (TPSA) is 33.6 Å². The molecule has 92 valence electrons. The Morgan fingerprint density at radius 1 is 1.41 bits per heavy atom.